The summed E-state index contributed by atoms with van der Waals surface area (Å²) in [6, 6.07) is 9.39. The van der Waals surface area contributed by atoms with Crippen LogP contribution in [0.3, 0.4) is 0 Å². The highest BCUT2D eigenvalue weighted by Gasteiger charge is 2.13. The second kappa shape index (κ2) is 4.78. The van der Waals surface area contributed by atoms with Gasteiger partial charge in [-0.3, -0.25) is 4.98 Å². The molecule has 94 valence electrons. The van der Waals surface area contributed by atoms with E-state index in [0.717, 1.165) is 11.3 Å². The summed E-state index contributed by atoms with van der Waals surface area (Å²) < 4.78 is 23.3. The number of aromatic nitrogens is 1. The number of anilines is 2. The van der Waals surface area contributed by atoms with Crippen molar-refractivity contribution in [3.63, 3.8) is 0 Å². The van der Waals surface area contributed by atoms with E-state index in [1.807, 2.05) is 31.2 Å². The Morgan fingerprint density at radius 2 is 2.00 bits per heavy atom. The minimum Gasteiger partial charge on any atom is -0.354 e. The molecule has 0 aliphatic heterocycles. The number of rotatable bonds is 3. The normalized spacial score (nSPS) is 11.2. The van der Waals surface area contributed by atoms with E-state index in [1.54, 1.807) is 12.3 Å². The molecular weight excluding hydrogens is 248 g/mol. The quantitative estimate of drug-likeness (QED) is 0.923. The van der Waals surface area contributed by atoms with Gasteiger partial charge in [0.15, 0.2) is 9.84 Å². The van der Waals surface area contributed by atoms with E-state index in [1.165, 1.54) is 12.5 Å². The Morgan fingerprint density at radius 3 is 2.67 bits per heavy atom. The van der Waals surface area contributed by atoms with Crippen molar-refractivity contribution in [2.75, 3.05) is 11.6 Å². The van der Waals surface area contributed by atoms with Gasteiger partial charge in [-0.15, -0.1) is 0 Å². The Balaban J connectivity index is 2.41. The Bertz CT molecular complexity index is 666. The lowest BCUT2D eigenvalue weighted by molar-refractivity contribution is 0.602. The summed E-state index contributed by atoms with van der Waals surface area (Å²) in [7, 11) is -3.29. The van der Waals surface area contributed by atoms with Gasteiger partial charge in [-0.1, -0.05) is 12.1 Å². The van der Waals surface area contributed by atoms with Crippen LogP contribution in [0.15, 0.2) is 47.6 Å². The maximum Gasteiger partial charge on any atom is 0.179 e. The van der Waals surface area contributed by atoms with E-state index >= 15 is 0 Å². The molecule has 0 fully saturated rings. The molecule has 0 aliphatic carbocycles. The monoisotopic (exact) mass is 262 g/mol. The third kappa shape index (κ3) is 2.87. The van der Waals surface area contributed by atoms with Crippen molar-refractivity contribution in [1.29, 1.82) is 0 Å². The van der Waals surface area contributed by atoms with Crippen LogP contribution in [0.2, 0.25) is 0 Å². The fraction of sp³-hybridized carbons (Fsp3) is 0.154. The van der Waals surface area contributed by atoms with Gasteiger partial charge in [-0.05, 0) is 30.7 Å². The lowest BCUT2D eigenvalue weighted by atomic mass is 10.2. The molecule has 5 heteroatoms. The first kappa shape index (κ1) is 12.6. The molecule has 0 amide bonds. The van der Waals surface area contributed by atoms with Gasteiger partial charge >= 0.3 is 0 Å². The molecule has 1 N–H and O–H groups in total. The molecule has 0 bridgehead atoms. The van der Waals surface area contributed by atoms with Crippen molar-refractivity contribution in [1.82, 2.24) is 4.98 Å². The zero-order chi connectivity index (χ0) is 13.2. The minimum absolute atomic E-state index is 0.200. The molecular formula is C13H14N2O2S. The van der Waals surface area contributed by atoms with Crippen LogP contribution in [0.25, 0.3) is 0 Å². The molecule has 0 saturated heterocycles. The Hall–Kier alpha value is -1.88. The summed E-state index contributed by atoms with van der Waals surface area (Å²) in [5, 5.41) is 3.10. The van der Waals surface area contributed by atoms with Gasteiger partial charge in [0.05, 0.1) is 5.69 Å². The summed E-state index contributed by atoms with van der Waals surface area (Å²) >= 11 is 0. The Morgan fingerprint density at radius 1 is 1.22 bits per heavy atom. The van der Waals surface area contributed by atoms with E-state index in [2.05, 4.69) is 10.3 Å². The number of aryl methyl sites for hydroxylation is 1. The number of sulfone groups is 1. The lowest BCUT2D eigenvalue weighted by Gasteiger charge is -2.10. The highest BCUT2D eigenvalue weighted by atomic mass is 32.2. The fourth-order valence-electron chi connectivity index (χ4n) is 1.66. The van der Waals surface area contributed by atoms with Crippen molar-refractivity contribution in [3.05, 3.63) is 48.3 Å². The number of pyridine rings is 1. The van der Waals surface area contributed by atoms with E-state index < -0.39 is 9.84 Å². The van der Waals surface area contributed by atoms with Gasteiger partial charge in [0.1, 0.15) is 4.90 Å². The molecule has 1 aromatic heterocycles. The van der Waals surface area contributed by atoms with Crippen molar-refractivity contribution in [2.24, 2.45) is 0 Å². The van der Waals surface area contributed by atoms with Crippen molar-refractivity contribution in [2.45, 2.75) is 11.8 Å². The number of nitrogens with one attached hydrogen (secondary N) is 1. The second-order valence-corrected chi connectivity index (χ2v) is 6.12. The van der Waals surface area contributed by atoms with Crippen LogP contribution in [0.5, 0.6) is 0 Å². The van der Waals surface area contributed by atoms with Crippen LogP contribution in [0, 0.1) is 6.92 Å². The summed E-state index contributed by atoms with van der Waals surface area (Å²) in [4.78, 5) is 4.05. The first-order valence-corrected chi connectivity index (χ1v) is 7.34. The predicted octanol–water partition coefficient (Wildman–Crippen LogP) is 2.54. The van der Waals surface area contributed by atoms with Gasteiger partial charge < -0.3 is 5.32 Å². The molecule has 2 rings (SSSR count). The van der Waals surface area contributed by atoms with Crippen LogP contribution < -0.4 is 5.32 Å². The van der Waals surface area contributed by atoms with Crippen LogP contribution in [-0.4, -0.2) is 19.7 Å². The number of hydrogen-bond acceptors (Lipinski definition) is 4. The maximum absolute atomic E-state index is 11.6. The molecule has 0 unspecified atom stereocenters. The van der Waals surface area contributed by atoms with Crippen molar-refractivity contribution < 1.29 is 8.42 Å². The largest absolute Gasteiger partial charge is 0.354 e. The average Bonchev–Trinajstić information content (AvgIpc) is 2.28. The Labute approximate surface area is 107 Å². The Kier molecular flexibility index (Phi) is 3.34. The minimum atomic E-state index is -3.29. The summed E-state index contributed by atoms with van der Waals surface area (Å²) in [5.41, 5.74) is 2.50. The zero-order valence-corrected chi connectivity index (χ0v) is 11.0. The summed E-state index contributed by atoms with van der Waals surface area (Å²) in [6.45, 7) is 1.98. The number of benzene rings is 1. The molecule has 4 nitrogen and oxygen atoms in total. The first-order valence-electron chi connectivity index (χ1n) is 5.44. The van der Waals surface area contributed by atoms with Gasteiger partial charge in [0.25, 0.3) is 0 Å². The van der Waals surface area contributed by atoms with Crippen molar-refractivity contribution in [3.8, 4) is 0 Å². The van der Waals surface area contributed by atoms with Crippen LogP contribution in [0.1, 0.15) is 5.56 Å². The topological polar surface area (TPSA) is 59.1 Å². The standard InChI is InChI=1S/C13H14N2O2S/c1-10-4-3-5-11(8-10)15-12-6-7-14-9-13(12)18(2,16)17/h3-9H,1-2H3,(H,14,15). The zero-order valence-electron chi connectivity index (χ0n) is 10.2. The van der Waals surface area contributed by atoms with Gasteiger partial charge in [0.2, 0.25) is 0 Å². The third-order valence-electron chi connectivity index (χ3n) is 2.48. The van der Waals surface area contributed by atoms with E-state index in [4.69, 9.17) is 0 Å². The highest BCUT2D eigenvalue weighted by molar-refractivity contribution is 7.90. The average molecular weight is 262 g/mol. The van der Waals surface area contributed by atoms with Gasteiger partial charge in [0, 0.05) is 24.3 Å². The van der Waals surface area contributed by atoms with Crippen LogP contribution >= 0.6 is 0 Å². The second-order valence-electron chi connectivity index (χ2n) is 4.14. The smallest absolute Gasteiger partial charge is 0.179 e. The SMILES string of the molecule is Cc1cccc(Nc2ccncc2S(C)(=O)=O)c1. The molecule has 0 aliphatic rings. The molecule has 0 atom stereocenters. The van der Waals surface area contributed by atoms with Crippen LogP contribution in [-0.2, 0) is 9.84 Å². The number of nitrogens with zero attached hydrogens (tertiary/aromatic N) is 1. The lowest BCUT2D eigenvalue weighted by Crippen LogP contribution is -2.03. The summed E-state index contributed by atoms with van der Waals surface area (Å²) in [6.07, 6.45) is 4.09. The molecule has 0 spiro atoms. The van der Waals surface area contributed by atoms with Crippen molar-refractivity contribution >= 4 is 21.2 Å². The molecule has 1 aromatic carbocycles. The van der Waals surface area contributed by atoms with E-state index in [9.17, 15) is 8.42 Å². The van der Waals surface area contributed by atoms with Gasteiger partial charge in [-0.25, -0.2) is 8.42 Å². The predicted molar refractivity (Wildman–Crippen MR) is 71.8 cm³/mol. The van der Waals surface area contributed by atoms with Crippen LogP contribution in [0.4, 0.5) is 11.4 Å². The maximum atomic E-state index is 11.6. The van der Waals surface area contributed by atoms with E-state index in [-0.39, 0.29) is 4.90 Å². The highest BCUT2D eigenvalue weighted by Crippen LogP contribution is 2.24. The number of hydrogen-bond donors (Lipinski definition) is 1. The fourth-order valence-corrected chi connectivity index (χ4v) is 2.43. The first-order chi connectivity index (χ1) is 8.47. The molecule has 18 heavy (non-hydrogen) atoms. The molecule has 0 radical (unpaired) electrons. The molecule has 1 heterocycles. The van der Waals surface area contributed by atoms with E-state index in [0.29, 0.717) is 5.69 Å². The molecule has 2 aromatic rings. The third-order valence-corrected chi connectivity index (χ3v) is 3.61. The van der Waals surface area contributed by atoms with Gasteiger partial charge in [-0.2, -0.15) is 0 Å². The summed E-state index contributed by atoms with van der Waals surface area (Å²) in [5.74, 6) is 0. The molecule has 0 saturated carbocycles.